The van der Waals surface area contributed by atoms with Crippen molar-refractivity contribution in [2.24, 2.45) is 0 Å². The van der Waals surface area contributed by atoms with Crippen LogP contribution in [0.3, 0.4) is 0 Å². The maximum atomic E-state index is 4.94. The van der Waals surface area contributed by atoms with Crippen LogP contribution in [0.25, 0.3) is 86.7 Å². The number of rotatable bonds is 1. The van der Waals surface area contributed by atoms with Crippen LogP contribution < -0.4 is 0 Å². The Hall–Kier alpha value is -5.05. The fourth-order valence-electron chi connectivity index (χ4n) is 6.68. The van der Waals surface area contributed by atoms with Gasteiger partial charge < -0.3 is 0 Å². The van der Waals surface area contributed by atoms with Crippen molar-refractivity contribution >= 4 is 42.4 Å². The second kappa shape index (κ2) is 8.72. The van der Waals surface area contributed by atoms with Crippen LogP contribution in [0.4, 0.5) is 0 Å². The molecule has 1 nitrogen and oxygen atoms in total. The summed E-state index contributed by atoms with van der Waals surface area (Å²) in [5, 5.41) is 3.81. The van der Waals surface area contributed by atoms with Gasteiger partial charge in [0.2, 0.25) is 0 Å². The summed E-state index contributed by atoms with van der Waals surface area (Å²) >= 11 is 1.88. The van der Waals surface area contributed by atoms with E-state index < -0.39 is 0 Å². The predicted octanol–water partition coefficient (Wildman–Crippen LogP) is 11.3. The van der Waals surface area contributed by atoms with Gasteiger partial charge in [0.25, 0.3) is 0 Å². The zero-order valence-corrected chi connectivity index (χ0v) is 23.0. The zero-order chi connectivity index (χ0) is 26.9. The number of pyridine rings is 1. The summed E-state index contributed by atoms with van der Waals surface area (Å²) in [6, 6.07) is 48.8. The van der Waals surface area contributed by atoms with E-state index in [-0.39, 0.29) is 0 Å². The minimum absolute atomic E-state index is 1.04. The van der Waals surface area contributed by atoms with Gasteiger partial charge in [-0.05, 0) is 68.3 Å². The van der Waals surface area contributed by atoms with Gasteiger partial charge in [0.15, 0.2) is 0 Å². The van der Waals surface area contributed by atoms with Crippen molar-refractivity contribution in [1.29, 1.82) is 0 Å². The standard InChI is InChI=1S/C39H23NS/c1-2-11-28-27(10-1)29-12-3-4-14-32(29)37-33(21-18-24-9-8-22-40-38(24)37)35-23-25(19-20-30(28)35)26-15-7-16-34-31-13-5-6-17-36(31)41-39(26)34/h1-23H. The van der Waals surface area contributed by atoms with Crippen LogP contribution in [0.2, 0.25) is 0 Å². The Balaban J connectivity index is 1.41. The van der Waals surface area contributed by atoms with Gasteiger partial charge in [-0.15, -0.1) is 11.3 Å². The van der Waals surface area contributed by atoms with Crippen LogP contribution in [0.5, 0.6) is 0 Å². The third-order valence-electron chi connectivity index (χ3n) is 8.50. The molecular weight excluding hydrogens is 515 g/mol. The van der Waals surface area contributed by atoms with E-state index in [1.165, 1.54) is 75.8 Å². The molecule has 0 bridgehead atoms. The Morgan fingerprint density at radius 1 is 0.439 bits per heavy atom. The van der Waals surface area contributed by atoms with Crippen molar-refractivity contribution in [2.45, 2.75) is 0 Å². The predicted molar refractivity (Wildman–Crippen MR) is 175 cm³/mol. The van der Waals surface area contributed by atoms with Crippen molar-refractivity contribution in [2.75, 3.05) is 0 Å². The lowest BCUT2D eigenvalue weighted by Gasteiger charge is -2.24. The molecule has 190 valence electrons. The molecule has 0 aliphatic heterocycles. The van der Waals surface area contributed by atoms with E-state index in [0.29, 0.717) is 0 Å². The normalized spacial score (nSPS) is 11.9. The molecule has 41 heavy (non-hydrogen) atoms. The van der Waals surface area contributed by atoms with Crippen LogP contribution in [-0.4, -0.2) is 4.98 Å². The van der Waals surface area contributed by atoms with Gasteiger partial charge in [0.05, 0.1) is 5.52 Å². The van der Waals surface area contributed by atoms with Crippen molar-refractivity contribution in [3.63, 3.8) is 0 Å². The average molecular weight is 538 g/mol. The molecule has 6 aromatic carbocycles. The summed E-state index contributed by atoms with van der Waals surface area (Å²) in [4.78, 5) is 4.94. The number of benzene rings is 6. The smallest absolute Gasteiger partial charge is 0.0786 e. The number of thiophene rings is 1. The number of fused-ring (bicyclic) bond motifs is 13. The molecule has 0 N–H and O–H groups in total. The fraction of sp³-hybridized carbons (Fsp3) is 0. The first-order valence-electron chi connectivity index (χ1n) is 14.0. The monoisotopic (exact) mass is 537 g/mol. The summed E-state index contributed by atoms with van der Waals surface area (Å²) in [7, 11) is 0. The molecule has 1 aliphatic rings. The van der Waals surface area contributed by atoms with Crippen LogP contribution >= 0.6 is 11.3 Å². The highest BCUT2D eigenvalue weighted by atomic mass is 32.1. The summed E-state index contributed by atoms with van der Waals surface area (Å²) < 4.78 is 2.67. The van der Waals surface area contributed by atoms with Gasteiger partial charge in [-0.2, -0.15) is 0 Å². The topological polar surface area (TPSA) is 12.9 Å². The second-order valence-corrected chi connectivity index (χ2v) is 11.7. The van der Waals surface area contributed by atoms with Gasteiger partial charge in [-0.3, -0.25) is 4.98 Å². The number of hydrogen-bond acceptors (Lipinski definition) is 2. The molecule has 9 rings (SSSR count). The molecule has 0 amide bonds. The molecule has 0 spiro atoms. The molecule has 0 fully saturated rings. The minimum Gasteiger partial charge on any atom is -0.256 e. The quantitative estimate of drug-likeness (QED) is 0.203. The molecule has 2 aromatic heterocycles. The molecule has 8 aromatic rings. The first kappa shape index (κ1) is 22.7. The Kier molecular flexibility index (Phi) is 4.84. The van der Waals surface area contributed by atoms with E-state index in [1.807, 2.05) is 23.6 Å². The van der Waals surface area contributed by atoms with Gasteiger partial charge >= 0.3 is 0 Å². The highest BCUT2D eigenvalue weighted by molar-refractivity contribution is 7.26. The van der Waals surface area contributed by atoms with E-state index in [0.717, 1.165) is 10.9 Å². The lowest BCUT2D eigenvalue weighted by atomic mass is 9.79. The Morgan fingerprint density at radius 3 is 1.95 bits per heavy atom. The Labute approximate surface area is 242 Å². The minimum atomic E-state index is 1.04. The Morgan fingerprint density at radius 2 is 1.10 bits per heavy atom. The van der Waals surface area contributed by atoms with Crippen LogP contribution in [0.15, 0.2) is 140 Å². The first-order chi connectivity index (χ1) is 20.3. The molecule has 2 heteroatoms. The van der Waals surface area contributed by atoms with E-state index in [9.17, 15) is 0 Å². The molecule has 0 radical (unpaired) electrons. The zero-order valence-electron chi connectivity index (χ0n) is 22.1. The number of hydrogen-bond donors (Lipinski definition) is 0. The SMILES string of the molecule is c1ccc2c(c1)-c1ccc(-c3cccc4c3sc3ccccc34)cc1-c1ccc3cccnc3c1-c1ccccc1-2. The maximum absolute atomic E-state index is 4.94. The number of aromatic nitrogens is 1. The van der Waals surface area contributed by atoms with E-state index >= 15 is 0 Å². The third-order valence-corrected chi connectivity index (χ3v) is 9.72. The lowest BCUT2D eigenvalue weighted by Crippen LogP contribution is -1.99. The molecule has 0 unspecified atom stereocenters. The summed E-state index contributed by atoms with van der Waals surface area (Å²) in [5.41, 5.74) is 13.4. The van der Waals surface area contributed by atoms with Crippen molar-refractivity contribution in [1.82, 2.24) is 4.98 Å². The second-order valence-electron chi connectivity index (χ2n) is 10.7. The van der Waals surface area contributed by atoms with Gasteiger partial charge in [-0.25, -0.2) is 0 Å². The van der Waals surface area contributed by atoms with Gasteiger partial charge in [0, 0.05) is 37.3 Å². The van der Waals surface area contributed by atoms with E-state index in [1.54, 1.807) is 0 Å². The summed E-state index contributed by atoms with van der Waals surface area (Å²) in [6.45, 7) is 0. The molecule has 0 atom stereocenters. The lowest BCUT2D eigenvalue weighted by molar-refractivity contribution is 1.41. The molecular formula is C39H23NS. The third kappa shape index (κ3) is 3.32. The van der Waals surface area contributed by atoms with E-state index in [2.05, 4.69) is 127 Å². The van der Waals surface area contributed by atoms with Crippen LogP contribution in [0.1, 0.15) is 0 Å². The van der Waals surface area contributed by atoms with Crippen LogP contribution in [-0.2, 0) is 0 Å². The van der Waals surface area contributed by atoms with Gasteiger partial charge in [-0.1, -0.05) is 115 Å². The first-order valence-corrected chi connectivity index (χ1v) is 14.8. The molecule has 1 aliphatic carbocycles. The van der Waals surface area contributed by atoms with Crippen molar-refractivity contribution in [3.8, 4) is 55.6 Å². The van der Waals surface area contributed by atoms with Gasteiger partial charge in [0.1, 0.15) is 0 Å². The Bertz CT molecular complexity index is 2320. The average Bonchev–Trinajstić information content (AvgIpc) is 3.42. The largest absolute Gasteiger partial charge is 0.256 e. The molecule has 0 saturated carbocycles. The molecule has 2 heterocycles. The summed E-state index contributed by atoms with van der Waals surface area (Å²) in [6.07, 6.45) is 1.91. The number of nitrogens with zero attached hydrogens (tertiary/aromatic N) is 1. The molecule has 0 saturated heterocycles. The van der Waals surface area contributed by atoms with E-state index in [4.69, 9.17) is 4.98 Å². The summed E-state index contributed by atoms with van der Waals surface area (Å²) in [5.74, 6) is 0. The van der Waals surface area contributed by atoms with Crippen LogP contribution in [0, 0.1) is 0 Å². The van der Waals surface area contributed by atoms with Crippen molar-refractivity contribution in [3.05, 3.63) is 140 Å². The maximum Gasteiger partial charge on any atom is 0.0786 e. The highest BCUT2D eigenvalue weighted by Crippen LogP contribution is 2.50. The van der Waals surface area contributed by atoms with Crippen molar-refractivity contribution < 1.29 is 0 Å². The highest BCUT2D eigenvalue weighted by Gasteiger charge is 2.24. The fourth-order valence-corrected chi connectivity index (χ4v) is 7.91.